The van der Waals surface area contributed by atoms with E-state index in [2.05, 4.69) is 24.1 Å². The lowest BCUT2D eigenvalue weighted by Crippen LogP contribution is -2.31. The van der Waals surface area contributed by atoms with Gasteiger partial charge in [0.25, 0.3) is 5.91 Å². The Hall–Kier alpha value is -1.24. The van der Waals surface area contributed by atoms with Gasteiger partial charge < -0.3 is 11.1 Å². The van der Waals surface area contributed by atoms with Gasteiger partial charge in [-0.15, -0.1) is 22.7 Å². The maximum atomic E-state index is 12.3. The van der Waals surface area contributed by atoms with Gasteiger partial charge in [-0.25, -0.2) is 4.98 Å². The molecule has 2 aromatic rings. The van der Waals surface area contributed by atoms with Crippen LogP contribution in [0.5, 0.6) is 0 Å². The number of hydrogen-bond donors (Lipinski definition) is 2. The maximum absolute atomic E-state index is 12.3. The number of carbonyl (C=O) groups excluding carboxylic acids is 1. The summed E-state index contributed by atoms with van der Waals surface area (Å²) in [6.07, 6.45) is 0. The predicted molar refractivity (Wildman–Crippen MR) is 84.1 cm³/mol. The minimum Gasteiger partial charge on any atom is -0.343 e. The van der Waals surface area contributed by atoms with Gasteiger partial charge in [0.15, 0.2) is 0 Å². The Morgan fingerprint density at radius 2 is 2.10 bits per heavy atom. The zero-order valence-corrected chi connectivity index (χ0v) is 13.4. The Morgan fingerprint density at radius 1 is 1.35 bits per heavy atom. The highest BCUT2D eigenvalue weighted by molar-refractivity contribution is 7.10. The van der Waals surface area contributed by atoms with E-state index in [1.54, 1.807) is 16.7 Å². The van der Waals surface area contributed by atoms with Crippen LogP contribution in [0.4, 0.5) is 0 Å². The van der Waals surface area contributed by atoms with Gasteiger partial charge in [-0.05, 0) is 24.3 Å². The number of thiophene rings is 1. The van der Waals surface area contributed by atoms with Gasteiger partial charge in [-0.1, -0.05) is 19.9 Å². The van der Waals surface area contributed by atoms with Crippen molar-refractivity contribution in [1.29, 1.82) is 0 Å². The fourth-order valence-corrected chi connectivity index (χ4v) is 3.56. The summed E-state index contributed by atoms with van der Waals surface area (Å²) in [5, 5.41) is 7.63. The van der Waals surface area contributed by atoms with Crippen molar-refractivity contribution in [3.63, 3.8) is 0 Å². The first-order chi connectivity index (χ1) is 9.49. The molecule has 0 saturated heterocycles. The van der Waals surface area contributed by atoms with Crippen molar-refractivity contribution in [2.75, 3.05) is 0 Å². The van der Waals surface area contributed by atoms with Crippen LogP contribution >= 0.6 is 22.7 Å². The Kier molecular flexibility index (Phi) is 4.91. The maximum Gasteiger partial charge on any atom is 0.271 e. The Bertz CT molecular complexity index is 561. The van der Waals surface area contributed by atoms with Crippen LogP contribution in [0.15, 0.2) is 22.9 Å². The molecule has 2 aromatic heterocycles. The Balaban J connectivity index is 2.12. The molecule has 4 nitrogen and oxygen atoms in total. The van der Waals surface area contributed by atoms with Crippen molar-refractivity contribution in [3.8, 4) is 0 Å². The molecular formula is C14H19N3OS2. The average Bonchev–Trinajstić information content (AvgIpc) is 3.05. The molecule has 0 aliphatic heterocycles. The molecule has 1 amide bonds. The first-order valence-corrected chi connectivity index (χ1v) is 8.30. The van der Waals surface area contributed by atoms with Crippen LogP contribution < -0.4 is 11.1 Å². The summed E-state index contributed by atoms with van der Waals surface area (Å²) in [6, 6.07) is 3.92. The second kappa shape index (κ2) is 6.47. The molecule has 0 saturated carbocycles. The molecular weight excluding hydrogens is 290 g/mol. The molecule has 0 fully saturated rings. The molecule has 2 unspecified atom stereocenters. The summed E-state index contributed by atoms with van der Waals surface area (Å²) in [5.74, 6) is 0.185. The van der Waals surface area contributed by atoms with E-state index in [0.717, 1.165) is 9.88 Å². The standard InChI is InChI=1S/C14H19N3OS2/c1-8(2)12(11-5-4-6-19-11)17-13(18)10-7-20-14(16-10)9(3)15/h4-9,12H,15H2,1-3H3,(H,17,18). The fraction of sp³-hybridized carbons (Fsp3) is 0.429. The fourth-order valence-electron chi connectivity index (χ4n) is 1.85. The van der Waals surface area contributed by atoms with Gasteiger partial charge in [0.05, 0.1) is 12.1 Å². The SMILES string of the molecule is CC(N)c1nc(C(=O)NC(c2cccs2)C(C)C)cs1. The van der Waals surface area contributed by atoms with Crippen molar-refractivity contribution in [1.82, 2.24) is 10.3 Å². The lowest BCUT2D eigenvalue weighted by atomic mass is 10.0. The first kappa shape index (κ1) is 15.2. The molecule has 3 N–H and O–H groups in total. The van der Waals surface area contributed by atoms with E-state index in [-0.39, 0.29) is 18.0 Å². The number of nitrogens with one attached hydrogen (secondary N) is 1. The van der Waals surface area contributed by atoms with E-state index in [4.69, 9.17) is 5.73 Å². The summed E-state index contributed by atoms with van der Waals surface area (Å²) >= 11 is 3.08. The zero-order chi connectivity index (χ0) is 14.7. The summed E-state index contributed by atoms with van der Waals surface area (Å²) in [5.41, 5.74) is 6.22. The lowest BCUT2D eigenvalue weighted by molar-refractivity contribution is 0.0922. The van der Waals surface area contributed by atoms with Crippen molar-refractivity contribution < 1.29 is 4.79 Å². The number of nitrogens with zero attached hydrogens (tertiary/aromatic N) is 1. The highest BCUT2D eigenvalue weighted by Crippen LogP contribution is 2.26. The summed E-state index contributed by atoms with van der Waals surface area (Å²) in [6.45, 7) is 6.06. The molecule has 0 aliphatic carbocycles. The molecule has 0 spiro atoms. The van der Waals surface area contributed by atoms with Crippen LogP contribution in [-0.2, 0) is 0 Å². The normalized spacial score (nSPS) is 14.2. The van der Waals surface area contributed by atoms with Crippen LogP contribution in [0, 0.1) is 5.92 Å². The molecule has 108 valence electrons. The molecule has 0 aromatic carbocycles. The quantitative estimate of drug-likeness (QED) is 0.890. The van der Waals surface area contributed by atoms with Crippen molar-refractivity contribution in [2.24, 2.45) is 11.7 Å². The van der Waals surface area contributed by atoms with Crippen molar-refractivity contribution in [3.05, 3.63) is 38.5 Å². The van der Waals surface area contributed by atoms with E-state index in [0.29, 0.717) is 11.6 Å². The molecule has 0 bridgehead atoms. The largest absolute Gasteiger partial charge is 0.343 e. The van der Waals surface area contributed by atoms with Crippen LogP contribution in [0.2, 0.25) is 0 Å². The minimum atomic E-state index is -0.139. The Morgan fingerprint density at radius 3 is 2.60 bits per heavy atom. The van der Waals surface area contributed by atoms with Gasteiger partial charge in [0, 0.05) is 10.3 Å². The third-order valence-electron chi connectivity index (χ3n) is 2.95. The monoisotopic (exact) mass is 309 g/mol. The van der Waals surface area contributed by atoms with Gasteiger partial charge in [-0.2, -0.15) is 0 Å². The molecule has 6 heteroatoms. The topological polar surface area (TPSA) is 68.0 Å². The third-order valence-corrected chi connectivity index (χ3v) is 4.95. The van der Waals surface area contributed by atoms with Crippen LogP contribution in [0.1, 0.15) is 53.2 Å². The van der Waals surface area contributed by atoms with E-state index >= 15 is 0 Å². The van der Waals surface area contributed by atoms with Gasteiger partial charge in [-0.3, -0.25) is 4.79 Å². The van der Waals surface area contributed by atoms with Crippen molar-refractivity contribution >= 4 is 28.6 Å². The molecule has 0 radical (unpaired) electrons. The van der Waals surface area contributed by atoms with Gasteiger partial charge >= 0.3 is 0 Å². The number of carbonyl (C=O) groups is 1. The van der Waals surface area contributed by atoms with Crippen molar-refractivity contribution in [2.45, 2.75) is 32.9 Å². The smallest absolute Gasteiger partial charge is 0.271 e. The lowest BCUT2D eigenvalue weighted by Gasteiger charge is -2.20. The number of amides is 1. The first-order valence-electron chi connectivity index (χ1n) is 6.54. The van der Waals surface area contributed by atoms with Gasteiger partial charge in [0.1, 0.15) is 10.7 Å². The van der Waals surface area contributed by atoms with Gasteiger partial charge in [0.2, 0.25) is 0 Å². The molecule has 2 atom stereocenters. The van der Waals surface area contributed by atoms with Crippen LogP contribution in [-0.4, -0.2) is 10.9 Å². The molecule has 2 heterocycles. The number of nitrogens with two attached hydrogens (primary N) is 1. The van der Waals surface area contributed by atoms with Crippen LogP contribution in [0.25, 0.3) is 0 Å². The number of aromatic nitrogens is 1. The zero-order valence-electron chi connectivity index (χ0n) is 11.8. The number of rotatable bonds is 5. The predicted octanol–water partition coefficient (Wildman–Crippen LogP) is 3.35. The third kappa shape index (κ3) is 3.45. The number of thiazole rings is 1. The second-order valence-electron chi connectivity index (χ2n) is 5.07. The molecule has 2 rings (SSSR count). The average molecular weight is 309 g/mol. The van der Waals surface area contributed by atoms with E-state index in [1.807, 2.05) is 24.4 Å². The minimum absolute atomic E-state index is 0.0166. The van der Waals surface area contributed by atoms with E-state index in [9.17, 15) is 4.79 Å². The molecule has 0 aliphatic rings. The van der Waals surface area contributed by atoms with E-state index in [1.165, 1.54) is 11.3 Å². The summed E-state index contributed by atoms with van der Waals surface area (Å²) in [4.78, 5) is 17.7. The molecule has 20 heavy (non-hydrogen) atoms. The second-order valence-corrected chi connectivity index (χ2v) is 6.94. The highest BCUT2D eigenvalue weighted by Gasteiger charge is 2.21. The summed E-state index contributed by atoms with van der Waals surface area (Å²) in [7, 11) is 0. The summed E-state index contributed by atoms with van der Waals surface area (Å²) < 4.78 is 0. The highest BCUT2D eigenvalue weighted by atomic mass is 32.1. The Labute approximate surface area is 127 Å². The van der Waals surface area contributed by atoms with E-state index < -0.39 is 0 Å². The number of hydrogen-bond acceptors (Lipinski definition) is 5. The van der Waals surface area contributed by atoms with Crippen LogP contribution in [0.3, 0.4) is 0 Å².